The highest BCUT2D eigenvalue weighted by molar-refractivity contribution is 5.33. The van der Waals surface area contributed by atoms with Gasteiger partial charge in [0.15, 0.2) is 0 Å². The number of hydrogen-bond acceptors (Lipinski definition) is 3. The van der Waals surface area contributed by atoms with Gasteiger partial charge in [-0.3, -0.25) is 0 Å². The van der Waals surface area contributed by atoms with Crippen molar-refractivity contribution in [1.29, 1.82) is 0 Å². The third-order valence-electron chi connectivity index (χ3n) is 3.16. The Morgan fingerprint density at radius 3 is 2.53 bits per heavy atom. The Balaban J connectivity index is 2.42. The largest absolute Gasteiger partial charge is 0.379 e. The van der Waals surface area contributed by atoms with E-state index < -0.39 is 0 Å². The van der Waals surface area contributed by atoms with Gasteiger partial charge in [0.25, 0.3) is 0 Å². The summed E-state index contributed by atoms with van der Waals surface area (Å²) in [5.74, 6) is 0. The van der Waals surface area contributed by atoms with Crippen molar-refractivity contribution in [2.75, 3.05) is 33.5 Å². The van der Waals surface area contributed by atoms with Gasteiger partial charge in [0.1, 0.15) is 0 Å². The van der Waals surface area contributed by atoms with Gasteiger partial charge in [-0.15, -0.1) is 0 Å². The van der Waals surface area contributed by atoms with Crippen molar-refractivity contribution >= 4 is 0 Å². The maximum atomic E-state index is 5.70. The maximum Gasteiger partial charge on any atom is 0.0701 e. The van der Waals surface area contributed by atoms with Crippen LogP contribution in [0.15, 0.2) is 18.2 Å². The molecule has 0 aliphatic heterocycles. The maximum absolute atomic E-state index is 5.70. The molecule has 0 amide bonds. The summed E-state index contributed by atoms with van der Waals surface area (Å²) in [4.78, 5) is 0. The number of likely N-dealkylation sites (N-methyl/N-ethyl adjacent to an activating group) is 1. The molecule has 1 rings (SSSR count). The van der Waals surface area contributed by atoms with Crippen LogP contribution >= 0.6 is 0 Å². The summed E-state index contributed by atoms with van der Waals surface area (Å²) in [6.07, 6.45) is 1.06. The first-order chi connectivity index (χ1) is 9.19. The first kappa shape index (κ1) is 16.2. The molecule has 1 aromatic carbocycles. The van der Waals surface area contributed by atoms with Crippen molar-refractivity contribution in [3.63, 3.8) is 0 Å². The summed E-state index contributed by atoms with van der Waals surface area (Å²) in [5, 5.41) is 3.32. The van der Waals surface area contributed by atoms with E-state index in [0.717, 1.165) is 13.0 Å². The predicted molar refractivity (Wildman–Crippen MR) is 79.6 cm³/mol. The Hall–Kier alpha value is -0.900. The van der Waals surface area contributed by atoms with Crippen LogP contribution in [0.3, 0.4) is 0 Å². The lowest BCUT2D eigenvalue weighted by Gasteiger charge is -2.19. The van der Waals surface area contributed by atoms with Gasteiger partial charge in [0.2, 0.25) is 0 Å². The molecule has 108 valence electrons. The standard InChI is InChI=1S/C16H27NO2/c1-5-8-18-9-10-19-12-16(17-4)15-11-13(2)6-7-14(15)3/h6-7,11,16-17H,5,8-10,12H2,1-4H3. The van der Waals surface area contributed by atoms with E-state index in [-0.39, 0.29) is 6.04 Å². The second-order valence-electron chi connectivity index (χ2n) is 4.89. The van der Waals surface area contributed by atoms with Gasteiger partial charge in [-0.05, 0) is 38.4 Å². The molecular formula is C16H27NO2. The molecule has 0 aliphatic rings. The van der Waals surface area contributed by atoms with Gasteiger partial charge in [0.05, 0.1) is 25.9 Å². The van der Waals surface area contributed by atoms with Crippen LogP contribution in [0.5, 0.6) is 0 Å². The molecule has 19 heavy (non-hydrogen) atoms. The minimum atomic E-state index is 0.242. The second kappa shape index (κ2) is 9.08. The molecule has 3 heteroatoms. The van der Waals surface area contributed by atoms with Crippen LogP contribution < -0.4 is 5.32 Å². The van der Waals surface area contributed by atoms with Crippen LogP contribution in [-0.2, 0) is 9.47 Å². The Morgan fingerprint density at radius 1 is 1.11 bits per heavy atom. The molecule has 0 spiro atoms. The fourth-order valence-corrected chi connectivity index (χ4v) is 2.03. The van der Waals surface area contributed by atoms with Gasteiger partial charge in [-0.25, -0.2) is 0 Å². The summed E-state index contributed by atoms with van der Waals surface area (Å²) >= 11 is 0. The van der Waals surface area contributed by atoms with Crippen molar-refractivity contribution in [1.82, 2.24) is 5.32 Å². The van der Waals surface area contributed by atoms with Gasteiger partial charge in [-0.2, -0.15) is 0 Å². The normalized spacial score (nSPS) is 12.6. The summed E-state index contributed by atoms with van der Waals surface area (Å²) in [7, 11) is 1.98. The third-order valence-corrected chi connectivity index (χ3v) is 3.16. The molecule has 3 nitrogen and oxygen atoms in total. The molecule has 1 aromatic rings. The minimum Gasteiger partial charge on any atom is -0.379 e. The fraction of sp³-hybridized carbons (Fsp3) is 0.625. The summed E-state index contributed by atoms with van der Waals surface area (Å²) < 4.78 is 11.1. The molecule has 0 saturated heterocycles. The lowest BCUT2D eigenvalue weighted by atomic mass is 9.99. The molecule has 0 aliphatic carbocycles. The molecule has 1 unspecified atom stereocenters. The van der Waals surface area contributed by atoms with E-state index in [1.165, 1.54) is 16.7 Å². The van der Waals surface area contributed by atoms with Crippen molar-refractivity contribution in [2.24, 2.45) is 0 Å². The minimum absolute atomic E-state index is 0.242. The molecule has 0 saturated carbocycles. The Morgan fingerprint density at radius 2 is 1.84 bits per heavy atom. The summed E-state index contributed by atoms with van der Waals surface area (Å²) in [5.41, 5.74) is 3.90. The highest BCUT2D eigenvalue weighted by atomic mass is 16.5. The first-order valence-corrected chi connectivity index (χ1v) is 7.09. The monoisotopic (exact) mass is 265 g/mol. The molecular weight excluding hydrogens is 238 g/mol. The Bertz CT molecular complexity index is 366. The zero-order valence-electron chi connectivity index (χ0n) is 12.7. The lowest BCUT2D eigenvalue weighted by Crippen LogP contribution is -2.23. The zero-order chi connectivity index (χ0) is 14.1. The van der Waals surface area contributed by atoms with Crippen LogP contribution in [0, 0.1) is 13.8 Å². The highest BCUT2D eigenvalue weighted by Gasteiger charge is 2.12. The molecule has 0 radical (unpaired) electrons. The van der Waals surface area contributed by atoms with E-state index in [0.29, 0.717) is 19.8 Å². The number of nitrogens with one attached hydrogen (secondary N) is 1. The molecule has 0 aromatic heterocycles. The quantitative estimate of drug-likeness (QED) is 0.696. The second-order valence-corrected chi connectivity index (χ2v) is 4.89. The summed E-state index contributed by atoms with van der Waals surface area (Å²) in [6, 6.07) is 6.78. The van der Waals surface area contributed by atoms with Crippen molar-refractivity contribution in [3.8, 4) is 0 Å². The number of ether oxygens (including phenoxy) is 2. The van der Waals surface area contributed by atoms with Gasteiger partial charge >= 0.3 is 0 Å². The Labute approximate surface area is 117 Å². The Kier molecular flexibility index (Phi) is 7.72. The van der Waals surface area contributed by atoms with Crippen LogP contribution in [0.25, 0.3) is 0 Å². The van der Waals surface area contributed by atoms with Crippen LogP contribution in [0.1, 0.15) is 36.1 Å². The predicted octanol–water partition coefficient (Wildman–Crippen LogP) is 3.01. The lowest BCUT2D eigenvalue weighted by molar-refractivity contribution is 0.0398. The number of hydrogen-bond donors (Lipinski definition) is 1. The SMILES string of the molecule is CCCOCCOCC(NC)c1cc(C)ccc1C. The van der Waals surface area contributed by atoms with Crippen molar-refractivity contribution in [3.05, 3.63) is 34.9 Å². The highest BCUT2D eigenvalue weighted by Crippen LogP contribution is 2.19. The molecule has 0 bridgehead atoms. The molecule has 0 heterocycles. The van der Waals surface area contributed by atoms with Crippen LogP contribution in [0.2, 0.25) is 0 Å². The van der Waals surface area contributed by atoms with Crippen LogP contribution in [0.4, 0.5) is 0 Å². The van der Waals surface area contributed by atoms with E-state index in [9.17, 15) is 0 Å². The number of aryl methyl sites for hydroxylation is 2. The van der Waals surface area contributed by atoms with E-state index in [1.54, 1.807) is 0 Å². The fourth-order valence-electron chi connectivity index (χ4n) is 2.03. The van der Waals surface area contributed by atoms with E-state index in [2.05, 4.69) is 44.3 Å². The van der Waals surface area contributed by atoms with Gasteiger partial charge in [0, 0.05) is 6.61 Å². The molecule has 0 fully saturated rings. The third kappa shape index (κ3) is 5.72. The van der Waals surface area contributed by atoms with Crippen molar-refractivity contribution in [2.45, 2.75) is 33.2 Å². The van der Waals surface area contributed by atoms with E-state index >= 15 is 0 Å². The molecule has 1 atom stereocenters. The topological polar surface area (TPSA) is 30.5 Å². The van der Waals surface area contributed by atoms with Crippen LogP contribution in [-0.4, -0.2) is 33.5 Å². The van der Waals surface area contributed by atoms with E-state index in [1.807, 2.05) is 7.05 Å². The van der Waals surface area contributed by atoms with Gasteiger partial charge < -0.3 is 14.8 Å². The van der Waals surface area contributed by atoms with E-state index in [4.69, 9.17) is 9.47 Å². The average Bonchev–Trinajstić information content (AvgIpc) is 2.41. The summed E-state index contributed by atoms with van der Waals surface area (Å²) in [6.45, 7) is 9.20. The first-order valence-electron chi connectivity index (χ1n) is 7.09. The van der Waals surface area contributed by atoms with Gasteiger partial charge in [-0.1, -0.05) is 30.7 Å². The van der Waals surface area contributed by atoms with Crippen molar-refractivity contribution < 1.29 is 9.47 Å². The number of rotatable bonds is 9. The average molecular weight is 265 g/mol. The number of benzene rings is 1. The smallest absolute Gasteiger partial charge is 0.0701 e. The molecule has 1 N–H and O–H groups in total. The zero-order valence-corrected chi connectivity index (χ0v) is 12.7.